The molecular weight excluding hydrogens is 358 g/mol. The number of nitrogens with two attached hydrogens (primary N) is 1. The molecule has 0 aliphatic heterocycles. The predicted octanol–water partition coefficient (Wildman–Crippen LogP) is 4.54. The van der Waals surface area contributed by atoms with Crippen molar-refractivity contribution in [3.05, 3.63) is 26.6 Å². The molecule has 90 valence electrons. The Labute approximate surface area is 106 Å². The van der Waals surface area contributed by atoms with E-state index in [1.54, 1.807) is 0 Å². The summed E-state index contributed by atoms with van der Waals surface area (Å²) in [7, 11) is 0. The van der Waals surface area contributed by atoms with Gasteiger partial charge >= 0.3 is 6.18 Å². The third-order valence-electron chi connectivity index (χ3n) is 2.15. The van der Waals surface area contributed by atoms with Crippen LogP contribution in [0.25, 0.3) is 0 Å². The molecular formula is C9H7Br2F4N. The highest BCUT2D eigenvalue weighted by Crippen LogP contribution is 2.44. The Morgan fingerprint density at radius 2 is 1.44 bits per heavy atom. The zero-order valence-electron chi connectivity index (χ0n) is 8.00. The monoisotopic (exact) mass is 363 g/mol. The minimum absolute atomic E-state index is 0.213. The minimum Gasteiger partial charge on any atom is -0.397 e. The zero-order chi connectivity index (χ0) is 12.7. The molecule has 1 aromatic rings. The Bertz CT molecular complexity index is 391. The lowest BCUT2D eigenvalue weighted by atomic mass is 9.97. The van der Waals surface area contributed by atoms with Gasteiger partial charge in [-0.05, 0) is 50.9 Å². The number of alkyl halides is 4. The largest absolute Gasteiger partial charge is 0.426 e. The maximum atomic E-state index is 13.6. The van der Waals surface area contributed by atoms with E-state index in [4.69, 9.17) is 5.73 Å². The van der Waals surface area contributed by atoms with E-state index < -0.39 is 17.4 Å². The molecule has 0 fully saturated rings. The van der Waals surface area contributed by atoms with E-state index in [1.165, 1.54) is 0 Å². The second-order valence-electron chi connectivity index (χ2n) is 3.35. The van der Waals surface area contributed by atoms with Crippen LogP contribution in [0.5, 0.6) is 0 Å². The fraction of sp³-hybridized carbons (Fsp3) is 0.333. The summed E-state index contributed by atoms with van der Waals surface area (Å²) in [4.78, 5) is 0. The van der Waals surface area contributed by atoms with E-state index in [9.17, 15) is 17.6 Å². The second-order valence-corrected chi connectivity index (χ2v) is 5.06. The molecule has 0 radical (unpaired) electrons. The molecule has 16 heavy (non-hydrogen) atoms. The molecule has 0 bridgehead atoms. The Morgan fingerprint density at radius 1 is 1.06 bits per heavy atom. The third kappa shape index (κ3) is 2.34. The molecule has 0 heterocycles. The van der Waals surface area contributed by atoms with Gasteiger partial charge in [0, 0.05) is 14.5 Å². The van der Waals surface area contributed by atoms with E-state index in [1.807, 2.05) is 0 Å². The van der Waals surface area contributed by atoms with Gasteiger partial charge < -0.3 is 5.73 Å². The molecule has 1 atom stereocenters. The highest BCUT2D eigenvalue weighted by atomic mass is 79.9. The molecule has 0 amide bonds. The van der Waals surface area contributed by atoms with E-state index in [-0.39, 0.29) is 14.6 Å². The first-order chi connectivity index (χ1) is 7.07. The van der Waals surface area contributed by atoms with Gasteiger partial charge in [-0.1, -0.05) is 0 Å². The highest BCUT2D eigenvalue weighted by Gasteiger charge is 2.53. The second kappa shape index (κ2) is 4.18. The number of hydrogen-bond donors (Lipinski definition) is 1. The molecule has 7 heteroatoms. The molecule has 0 aliphatic carbocycles. The van der Waals surface area contributed by atoms with Crippen LogP contribution in [0.2, 0.25) is 0 Å². The van der Waals surface area contributed by atoms with E-state index in [2.05, 4.69) is 31.9 Å². The number of rotatable bonds is 1. The van der Waals surface area contributed by atoms with Gasteiger partial charge in [0.25, 0.3) is 0 Å². The van der Waals surface area contributed by atoms with Crippen LogP contribution in [0.3, 0.4) is 0 Å². The number of hydrogen-bond acceptors (Lipinski definition) is 1. The average Bonchev–Trinajstić information content (AvgIpc) is 2.11. The van der Waals surface area contributed by atoms with Gasteiger partial charge in [0.2, 0.25) is 5.67 Å². The molecule has 0 aromatic heterocycles. The number of benzene rings is 1. The van der Waals surface area contributed by atoms with Crippen molar-refractivity contribution in [1.29, 1.82) is 0 Å². The van der Waals surface area contributed by atoms with Crippen LogP contribution in [0.1, 0.15) is 12.5 Å². The van der Waals surface area contributed by atoms with Gasteiger partial charge in [-0.2, -0.15) is 13.2 Å². The summed E-state index contributed by atoms with van der Waals surface area (Å²) in [5, 5.41) is 0. The first-order valence-electron chi connectivity index (χ1n) is 4.08. The summed E-state index contributed by atoms with van der Waals surface area (Å²) in [5.74, 6) is 0. The summed E-state index contributed by atoms with van der Waals surface area (Å²) >= 11 is 5.93. The summed E-state index contributed by atoms with van der Waals surface area (Å²) in [6.45, 7) is 0.470. The maximum absolute atomic E-state index is 13.6. The number of halogens is 6. The van der Waals surface area contributed by atoms with Crippen molar-refractivity contribution in [2.24, 2.45) is 0 Å². The summed E-state index contributed by atoms with van der Waals surface area (Å²) in [6, 6.07) is 2.04. The topological polar surface area (TPSA) is 26.0 Å². The summed E-state index contributed by atoms with van der Waals surface area (Å²) in [5.41, 5.74) is 1.81. The van der Waals surface area contributed by atoms with Crippen LogP contribution < -0.4 is 5.73 Å². The lowest BCUT2D eigenvalue weighted by Crippen LogP contribution is -2.35. The van der Waals surface area contributed by atoms with Gasteiger partial charge in [0.15, 0.2) is 0 Å². The Hall–Kier alpha value is -0.300. The van der Waals surface area contributed by atoms with E-state index in [0.717, 1.165) is 12.1 Å². The molecule has 1 aromatic carbocycles. The van der Waals surface area contributed by atoms with Gasteiger partial charge in [-0.15, -0.1) is 0 Å². The van der Waals surface area contributed by atoms with Crippen LogP contribution in [0, 0.1) is 0 Å². The first kappa shape index (κ1) is 13.8. The fourth-order valence-corrected chi connectivity index (χ4v) is 2.21. The normalized spacial score (nSPS) is 15.9. The van der Waals surface area contributed by atoms with Crippen LogP contribution in [0.15, 0.2) is 21.1 Å². The van der Waals surface area contributed by atoms with Crippen LogP contribution in [-0.4, -0.2) is 6.18 Å². The van der Waals surface area contributed by atoms with Crippen molar-refractivity contribution in [3.63, 3.8) is 0 Å². The third-order valence-corrected chi connectivity index (χ3v) is 3.47. The molecule has 1 rings (SSSR count). The van der Waals surface area contributed by atoms with Crippen molar-refractivity contribution in [1.82, 2.24) is 0 Å². The lowest BCUT2D eigenvalue weighted by molar-refractivity contribution is -0.228. The number of nitrogen functional groups attached to an aromatic ring is 1. The fourth-order valence-electron chi connectivity index (χ4n) is 1.02. The SMILES string of the molecule is CC(F)(c1cc(Br)c(N)c(Br)c1)C(F)(F)F. The standard InChI is InChI=1S/C9H7Br2F4N/c1-8(12,9(13,14)15)4-2-5(10)7(16)6(11)3-4/h2-3H,16H2,1H3. The minimum atomic E-state index is -4.97. The average molecular weight is 365 g/mol. The van der Waals surface area contributed by atoms with Gasteiger partial charge in [-0.3, -0.25) is 0 Å². The maximum Gasteiger partial charge on any atom is 0.426 e. The van der Waals surface area contributed by atoms with Crippen molar-refractivity contribution in [2.45, 2.75) is 18.8 Å². The van der Waals surface area contributed by atoms with Gasteiger partial charge in [0.1, 0.15) is 0 Å². The Balaban J connectivity index is 3.35. The van der Waals surface area contributed by atoms with Crippen molar-refractivity contribution in [3.8, 4) is 0 Å². The Morgan fingerprint density at radius 3 is 1.75 bits per heavy atom. The molecule has 0 aliphatic rings. The van der Waals surface area contributed by atoms with E-state index in [0.29, 0.717) is 6.92 Å². The first-order valence-corrected chi connectivity index (χ1v) is 5.66. The van der Waals surface area contributed by atoms with Crippen LogP contribution in [0.4, 0.5) is 23.2 Å². The van der Waals surface area contributed by atoms with Gasteiger partial charge in [0.05, 0.1) is 5.69 Å². The summed E-state index contributed by atoms with van der Waals surface area (Å²) < 4.78 is 51.4. The molecule has 0 spiro atoms. The quantitative estimate of drug-likeness (QED) is 0.574. The van der Waals surface area contributed by atoms with Gasteiger partial charge in [-0.25, -0.2) is 4.39 Å². The lowest BCUT2D eigenvalue weighted by Gasteiger charge is -2.24. The molecule has 1 unspecified atom stereocenters. The molecule has 0 saturated carbocycles. The molecule has 0 saturated heterocycles. The Kier molecular flexibility index (Phi) is 3.59. The smallest absolute Gasteiger partial charge is 0.397 e. The summed E-state index contributed by atoms with van der Waals surface area (Å²) in [6.07, 6.45) is -4.97. The van der Waals surface area contributed by atoms with Crippen molar-refractivity contribution < 1.29 is 17.6 Å². The molecule has 2 N–H and O–H groups in total. The highest BCUT2D eigenvalue weighted by molar-refractivity contribution is 9.11. The van der Waals surface area contributed by atoms with Crippen LogP contribution >= 0.6 is 31.9 Å². The van der Waals surface area contributed by atoms with Crippen LogP contribution in [-0.2, 0) is 5.67 Å². The predicted molar refractivity (Wildman–Crippen MR) is 60.8 cm³/mol. The molecule has 1 nitrogen and oxygen atoms in total. The van der Waals surface area contributed by atoms with E-state index >= 15 is 0 Å². The zero-order valence-corrected chi connectivity index (χ0v) is 11.2. The van der Waals surface area contributed by atoms with Crippen molar-refractivity contribution in [2.75, 3.05) is 5.73 Å². The van der Waals surface area contributed by atoms with Crippen molar-refractivity contribution >= 4 is 37.5 Å². The number of anilines is 1.